The van der Waals surface area contributed by atoms with Gasteiger partial charge in [-0.1, -0.05) is 20.8 Å². The first-order valence-electron chi connectivity index (χ1n) is 13.5. The van der Waals surface area contributed by atoms with E-state index in [0.29, 0.717) is 40.8 Å². The summed E-state index contributed by atoms with van der Waals surface area (Å²) in [6, 6.07) is 0. The van der Waals surface area contributed by atoms with Crippen molar-refractivity contribution in [2.45, 2.75) is 91.4 Å². The highest BCUT2D eigenvalue weighted by atomic mass is 32.2. The number of carbonyl (C=O) groups excluding carboxylic acids is 2. The highest BCUT2D eigenvalue weighted by Crippen LogP contribution is 2.68. The maximum Gasteiger partial charge on any atom is 0.222 e. The number of rotatable bonds is 7. The van der Waals surface area contributed by atoms with Gasteiger partial charge in [-0.3, -0.25) is 9.59 Å². The third kappa shape index (κ3) is 4.85. The summed E-state index contributed by atoms with van der Waals surface area (Å²) >= 11 is 0. The van der Waals surface area contributed by atoms with Crippen molar-refractivity contribution >= 4 is 21.8 Å². The third-order valence-corrected chi connectivity index (χ3v) is 11.8. The van der Waals surface area contributed by atoms with E-state index in [4.69, 9.17) is 0 Å². The van der Waals surface area contributed by atoms with Crippen molar-refractivity contribution in [1.29, 1.82) is 0 Å². The van der Waals surface area contributed by atoms with Gasteiger partial charge in [0.2, 0.25) is 5.91 Å². The van der Waals surface area contributed by atoms with Crippen molar-refractivity contribution in [3.63, 3.8) is 0 Å². The van der Waals surface area contributed by atoms with Crippen LogP contribution in [-0.4, -0.2) is 48.9 Å². The molecule has 0 N–H and O–H groups in total. The second-order valence-electron chi connectivity index (χ2n) is 12.7. The zero-order chi connectivity index (χ0) is 24.9. The Morgan fingerprint density at radius 2 is 1.79 bits per heavy atom. The molecule has 0 radical (unpaired) electrons. The van der Waals surface area contributed by atoms with Gasteiger partial charge in [0.05, 0.1) is 15.9 Å². The summed E-state index contributed by atoms with van der Waals surface area (Å²) in [5, 5.41) is 0. The van der Waals surface area contributed by atoms with Crippen LogP contribution in [0, 0.1) is 46.3 Å². The SMILES string of the molecule is C[C@H](CCC(=O)N(C)CCS(=O)(=O)[O-])[C@H]1CC[C@H]2[C@@H]3CC[C@@H]4CC(=O)CC[C@]4(C)[C@H]3CC[C@]12C. The molecule has 7 heteroatoms. The van der Waals surface area contributed by atoms with Gasteiger partial charge < -0.3 is 9.45 Å². The van der Waals surface area contributed by atoms with Gasteiger partial charge in [-0.15, -0.1) is 0 Å². The Labute approximate surface area is 206 Å². The number of amides is 1. The van der Waals surface area contributed by atoms with Gasteiger partial charge in [-0.05, 0) is 97.7 Å². The van der Waals surface area contributed by atoms with E-state index in [9.17, 15) is 22.6 Å². The fourth-order valence-corrected chi connectivity index (χ4v) is 9.63. The Kier molecular flexibility index (Phi) is 7.29. The molecule has 0 spiro atoms. The van der Waals surface area contributed by atoms with Crippen molar-refractivity contribution in [3.8, 4) is 0 Å². The average Bonchev–Trinajstić information content (AvgIpc) is 3.12. The number of carbonyl (C=O) groups is 2. The number of nitrogens with zero attached hydrogens (tertiary/aromatic N) is 1. The lowest BCUT2D eigenvalue weighted by Crippen LogP contribution is -2.53. The lowest BCUT2D eigenvalue weighted by molar-refractivity contribution is -0.140. The van der Waals surface area contributed by atoms with Crippen LogP contribution in [0.3, 0.4) is 0 Å². The quantitative estimate of drug-likeness (QED) is 0.481. The topological polar surface area (TPSA) is 94.6 Å². The van der Waals surface area contributed by atoms with E-state index in [-0.39, 0.29) is 12.5 Å². The van der Waals surface area contributed by atoms with Gasteiger partial charge in [0.1, 0.15) is 5.78 Å². The lowest BCUT2D eigenvalue weighted by Gasteiger charge is -2.60. The first-order chi connectivity index (χ1) is 15.8. The van der Waals surface area contributed by atoms with Crippen molar-refractivity contribution in [3.05, 3.63) is 0 Å². The van der Waals surface area contributed by atoms with Crippen molar-refractivity contribution < 1.29 is 22.6 Å². The smallest absolute Gasteiger partial charge is 0.222 e. The van der Waals surface area contributed by atoms with Gasteiger partial charge in [-0.25, -0.2) is 8.42 Å². The Morgan fingerprint density at radius 3 is 2.50 bits per heavy atom. The number of Topliss-reactive ketones (excluding diaryl/α,β-unsaturated/α-hetero) is 1. The second-order valence-corrected chi connectivity index (χ2v) is 14.2. The van der Waals surface area contributed by atoms with Gasteiger partial charge in [0.15, 0.2) is 0 Å². The highest BCUT2D eigenvalue weighted by Gasteiger charge is 2.60. The summed E-state index contributed by atoms with van der Waals surface area (Å²) < 4.78 is 32.6. The molecule has 194 valence electrons. The molecule has 0 aromatic carbocycles. The minimum absolute atomic E-state index is 0.0311. The Hall–Kier alpha value is -0.950. The predicted octanol–water partition coefficient (Wildman–Crippen LogP) is 4.63. The lowest BCUT2D eigenvalue weighted by atomic mass is 9.44. The monoisotopic (exact) mass is 494 g/mol. The molecule has 0 aromatic rings. The van der Waals surface area contributed by atoms with Crippen LogP contribution < -0.4 is 0 Å². The molecule has 0 unspecified atom stereocenters. The normalized spacial score (nSPS) is 40.7. The Morgan fingerprint density at radius 1 is 1.09 bits per heavy atom. The van der Waals surface area contributed by atoms with E-state index >= 15 is 0 Å². The molecule has 4 saturated carbocycles. The molecule has 0 saturated heterocycles. The molecule has 4 fully saturated rings. The summed E-state index contributed by atoms with van der Waals surface area (Å²) in [5.41, 5.74) is 0.677. The van der Waals surface area contributed by atoms with E-state index in [1.807, 2.05) is 0 Å². The number of ketones is 1. The van der Waals surface area contributed by atoms with Crippen LogP contribution in [0.25, 0.3) is 0 Å². The number of fused-ring (bicyclic) bond motifs is 5. The fourth-order valence-electron chi connectivity index (χ4n) is 9.14. The second kappa shape index (κ2) is 9.49. The average molecular weight is 495 g/mol. The summed E-state index contributed by atoms with van der Waals surface area (Å²) in [6.45, 7) is 7.29. The molecule has 0 heterocycles. The van der Waals surface area contributed by atoms with Crippen LogP contribution in [0.5, 0.6) is 0 Å². The van der Waals surface area contributed by atoms with E-state index < -0.39 is 15.9 Å². The molecular formula is C27H44NO5S-. The molecule has 0 bridgehead atoms. The van der Waals surface area contributed by atoms with Crippen LogP contribution in [0.2, 0.25) is 0 Å². The molecule has 4 aliphatic carbocycles. The number of hydrogen-bond acceptors (Lipinski definition) is 5. The van der Waals surface area contributed by atoms with Crippen molar-refractivity contribution in [1.82, 2.24) is 4.90 Å². The summed E-state index contributed by atoms with van der Waals surface area (Å²) in [6.07, 6.45) is 11.5. The molecule has 0 aliphatic heterocycles. The summed E-state index contributed by atoms with van der Waals surface area (Å²) in [4.78, 5) is 26.1. The van der Waals surface area contributed by atoms with Gasteiger partial charge in [0.25, 0.3) is 0 Å². The maximum atomic E-state index is 12.5. The standard InChI is InChI=1S/C27H45NO5S/c1-18(5-10-25(30)28(4)15-16-34(31,32)33)22-8-9-23-21-7-6-19-17-20(29)11-13-26(19,2)24(21)12-14-27(22,23)3/h18-19,21-24H,5-17H2,1-4H3,(H,31,32,33)/p-1/t18-,19-,21+,22-,23+,24+,26+,27-/m1/s1. The third-order valence-electron chi connectivity index (χ3n) is 11.2. The Balaban J connectivity index is 1.37. The number of hydrogen-bond donors (Lipinski definition) is 0. The molecule has 8 atom stereocenters. The van der Waals surface area contributed by atoms with E-state index in [1.165, 1.54) is 43.4 Å². The maximum absolute atomic E-state index is 12.5. The molecule has 4 aliphatic rings. The van der Waals surface area contributed by atoms with E-state index in [0.717, 1.165) is 43.4 Å². The first-order valence-corrected chi connectivity index (χ1v) is 15.1. The summed E-state index contributed by atoms with van der Waals surface area (Å²) in [7, 11) is -2.72. The van der Waals surface area contributed by atoms with Crippen LogP contribution in [0.15, 0.2) is 0 Å². The highest BCUT2D eigenvalue weighted by molar-refractivity contribution is 7.85. The molecular weight excluding hydrogens is 450 g/mol. The molecule has 0 aromatic heterocycles. The van der Waals surface area contributed by atoms with Crippen LogP contribution in [-0.2, 0) is 19.7 Å². The predicted molar refractivity (Wildman–Crippen MR) is 131 cm³/mol. The van der Waals surface area contributed by atoms with E-state index in [2.05, 4.69) is 20.8 Å². The van der Waals surface area contributed by atoms with Gasteiger partial charge in [-0.2, -0.15) is 0 Å². The Bertz CT molecular complexity index is 903. The van der Waals surface area contributed by atoms with Crippen molar-refractivity contribution in [2.75, 3.05) is 19.3 Å². The molecule has 4 rings (SSSR count). The fraction of sp³-hybridized carbons (Fsp3) is 0.926. The van der Waals surface area contributed by atoms with Crippen LogP contribution in [0.4, 0.5) is 0 Å². The minimum Gasteiger partial charge on any atom is -0.748 e. The van der Waals surface area contributed by atoms with Gasteiger partial charge in [0, 0.05) is 32.9 Å². The largest absolute Gasteiger partial charge is 0.748 e. The molecule has 6 nitrogen and oxygen atoms in total. The zero-order valence-corrected chi connectivity index (χ0v) is 22.4. The zero-order valence-electron chi connectivity index (χ0n) is 21.6. The van der Waals surface area contributed by atoms with Gasteiger partial charge >= 0.3 is 0 Å². The van der Waals surface area contributed by atoms with Crippen LogP contribution in [0.1, 0.15) is 91.4 Å². The van der Waals surface area contributed by atoms with Crippen molar-refractivity contribution in [2.24, 2.45) is 46.3 Å². The van der Waals surface area contributed by atoms with Crippen LogP contribution >= 0.6 is 0 Å². The minimum atomic E-state index is -4.30. The molecule has 1 amide bonds. The first kappa shape index (κ1) is 26.1. The van der Waals surface area contributed by atoms with E-state index in [1.54, 1.807) is 7.05 Å². The summed E-state index contributed by atoms with van der Waals surface area (Å²) in [5.74, 6) is 3.85. The molecule has 34 heavy (non-hydrogen) atoms.